The van der Waals surface area contributed by atoms with Gasteiger partial charge < -0.3 is 0 Å². The van der Waals surface area contributed by atoms with E-state index in [9.17, 15) is 9.59 Å². The van der Waals surface area contributed by atoms with Crippen molar-refractivity contribution in [2.45, 2.75) is 39.7 Å². The van der Waals surface area contributed by atoms with Gasteiger partial charge in [-0.1, -0.05) is 48.0 Å². The van der Waals surface area contributed by atoms with Gasteiger partial charge in [-0.3, -0.25) is 9.59 Å². The molecule has 0 fully saturated rings. The normalized spacial score (nSPS) is 11.1. The first-order valence-corrected chi connectivity index (χ1v) is 8.93. The molecule has 27 heavy (non-hydrogen) atoms. The number of hydrogen-bond acceptors (Lipinski definition) is 3. The van der Waals surface area contributed by atoms with Crippen LogP contribution in [-0.4, -0.2) is 26.3 Å². The Morgan fingerprint density at radius 1 is 0.963 bits per heavy atom. The van der Waals surface area contributed by atoms with Crippen LogP contribution in [0.4, 0.5) is 0 Å². The maximum absolute atomic E-state index is 12.6. The third-order valence-corrected chi connectivity index (χ3v) is 5.15. The first-order chi connectivity index (χ1) is 12.1. The van der Waals surface area contributed by atoms with Crippen molar-refractivity contribution in [3.63, 3.8) is 0 Å². The van der Waals surface area contributed by atoms with Crippen molar-refractivity contribution in [2.75, 3.05) is 0 Å². The fraction of sp³-hybridized carbons (Fsp3) is 0.300. The minimum Gasteiger partial charge on any atom is -0.294 e. The molecule has 0 aromatic heterocycles. The summed E-state index contributed by atoms with van der Waals surface area (Å²) < 4.78 is 1.90. The molecule has 0 radical (unpaired) electrons. The van der Waals surface area contributed by atoms with E-state index in [2.05, 4.69) is 0 Å². The molecule has 0 aliphatic carbocycles. The van der Waals surface area contributed by atoms with Crippen LogP contribution in [0.25, 0.3) is 0 Å². The van der Waals surface area contributed by atoms with Gasteiger partial charge in [0.1, 0.15) is 0 Å². The molecule has 0 saturated carbocycles. The summed E-state index contributed by atoms with van der Waals surface area (Å²) >= 11 is 12.5. The summed E-state index contributed by atoms with van der Waals surface area (Å²) in [6, 6.07) is 14.4. The zero-order valence-corrected chi connectivity index (χ0v) is 18.0. The summed E-state index contributed by atoms with van der Waals surface area (Å²) in [7, 11) is 0. The summed E-state index contributed by atoms with van der Waals surface area (Å²) in [4.78, 5) is 25.2. The molecule has 0 spiro atoms. The molecular weight excluding hydrogens is 407 g/mol. The van der Waals surface area contributed by atoms with Crippen LogP contribution in [0.1, 0.15) is 52.1 Å². The van der Waals surface area contributed by atoms with Gasteiger partial charge >= 0.3 is 0 Å². The first kappa shape index (κ1) is 23.4. The van der Waals surface area contributed by atoms with Gasteiger partial charge in [0.2, 0.25) is 0 Å². The van der Waals surface area contributed by atoms with Gasteiger partial charge in [0.25, 0.3) is 5.91 Å². The monoisotopic (exact) mass is 428 g/mol. The number of Topliss-reactive ketones (excluding diaryl/α,β-unsaturated/α-hetero) is 1. The van der Waals surface area contributed by atoms with Gasteiger partial charge in [-0.05, 0) is 39.3 Å². The molecule has 7 heteroatoms. The van der Waals surface area contributed by atoms with Crippen molar-refractivity contribution in [3.8, 4) is 0 Å². The largest absolute Gasteiger partial charge is 0.294 e. The van der Waals surface area contributed by atoms with Crippen LogP contribution in [0.2, 0.25) is 0 Å². The minimum atomic E-state index is -0.871. The second-order valence-electron chi connectivity index (χ2n) is 6.92. The topological polar surface area (TPSA) is 40.6 Å². The lowest BCUT2D eigenvalue weighted by Gasteiger charge is -2.36. The number of rotatable bonds is 6. The minimum absolute atomic E-state index is 0. The third-order valence-electron chi connectivity index (χ3n) is 4.16. The zero-order valence-electron chi connectivity index (χ0n) is 15.7. The Hall–Kier alpha value is -1.59. The highest BCUT2D eigenvalue weighted by atomic mass is 35.5. The molecule has 0 aliphatic rings. The number of ketones is 1. The molecule has 146 valence electrons. The second kappa shape index (κ2) is 9.56. The highest BCUT2D eigenvalue weighted by Gasteiger charge is 2.35. The lowest BCUT2D eigenvalue weighted by atomic mass is 9.94. The maximum atomic E-state index is 12.6. The average Bonchev–Trinajstić information content (AvgIpc) is 2.60. The Morgan fingerprint density at radius 3 is 2.07 bits per heavy atom. The molecule has 0 saturated heterocycles. The summed E-state index contributed by atoms with van der Waals surface area (Å²) in [5.74, 6) is -0.523. The predicted octanol–water partition coefficient (Wildman–Crippen LogP) is 5.74. The number of aryl methyl sites for hydroxylation is 2. The number of hydrazine groups is 1. The van der Waals surface area contributed by atoms with Crippen LogP contribution in [0.15, 0.2) is 48.5 Å². The van der Waals surface area contributed by atoms with Crippen LogP contribution in [0.3, 0.4) is 0 Å². The molecule has 0 heterocycles. The first-order valence-electron chi connectivity index (χ1n) is 8.25. The molecule has 2 rings (SSSR count). The van der Waals surface area contributed by atoms with E-state index in [1.165, 1.54) is 0 Å². The Bertz CT molecular complexity index is 807. The Morgan fingerprint density at radius 2 is 1.52 bits per heavy atom. The van der Waals surface area contributed by atoms with Gasteiger partial charge in [-0.15, -0.1) is 16.9 Å². The van der Waals surface area contributed by atoms with Crippen molar-refractivity contribution >= 4 is 47.7 Å². The molecule has 2 aromatic carbocycles. The molecule has 0 atom stereocenters. The quantitative estimate of drug-likeness (QED) is 0.334. The maximum Gasteiger partial charge on any atom is 0.284 e. The molecule has 0 bridgehead atoms. The fourth-order valence-corrected chi connectivity index (χ4v) is 2.95. The number of amides is 1. The standard InChI is InChI=1S/C20H22Cl2N2O2.ClH/c1-14-9-11-16(12-10-14)18(25)13-20(3,4)24(22)23(21)19(26)17-8-6-5-7-15(17)2;/h5-12H,13H2,1-4H3;1H. The number of nitrogens with zero attached hydrogens (tertiary/aromatic N) is 2. The van der Waals surface area contributed by atoms with Gasteiger partial charge in [0.15, 0.2) is 5.78 Å². The number of carbonyl (C=O) groups excluding carboxylic acids is 2. The SMILES string of the molecule is Cc1ccc(C(=O)CC(C)(C)N(Cl)N(Cl)C(=O)c2ccccc2C)cc1.Cl. The number of benzene rings is 2. The van der Waals surface area contributed by atoms with E-state index in [0.29, 0.717) is 11.1 Å². The van der Waals surface area contributed by atoms with Crippen LogP contribution >= 0.6 is 36.0 Å². The molecule has 0 unspecified atom stereocenters. The number of carbonyl (C=O) groups is 2. The molecule has 0 aliphatic heterocycles. The zero-order chi connectivity index (χ0) is 19.5. The Labute approximate surface area is 176 Å². The molecule has 0 N–H and O–H groups in total. The van der Waals surface area contributed by atoms with E-state index in [0.717, 1.165) is 20.2 Å². The molecule has 4 nitrogen and oxygen atoms in total. The van der Waals surface area contributed by atoms with Gasteiger partial charge in [-0.2, -0.15) is 4.53 Å². The molecule has 1 amide bonds. The molecular formula is C20H23Cl3N2O2. The lowest BCUT2D eigenvalue weighted by molar-refractivity contribution is 0.0373. The molecule has 2 aromatic rings. The van der Waals surface area contributed by atoms with E-state index in [1.54, 1.807) is 38.1 Å². The van der Waals surface area contributed by atoms with Crippen molar-refractivity contribution in [2.24, 2.45) is 0 Å². The average molecular weight is 430 g/mol. The van der Waals surface area contributed by atoms with Crippen LogP contribution in [0, 0.1) is 13.8 Å². The van der Waals surface area contributed by atoms with Gasteiger partial charge in [0.05, 0.1) is 5.54 Å². The van der Waals surface area contributed by atoms with E-state index in [1.807, 2.05) is 38.1 Å². The fourth-order valence-electron chi connectivity index (χ4n) is 2.53. The van der Waals surface area contributed by atoms with Crippen molar-refractivity contribution in [3.05, 3.63) is 70.8 Å². The Balaban J connectivity index is 0.00000364. The van der Waals surface area contributed by atoms with E-state index in [4.69, 9.17) is 23.6 Å². The van der Waals surface area contributed by atoms with E-state index < -0.39 is 11.4 Å². The van der Waals surface area contributed by atoms with E-state index in [-0.39, 0.29) is 24.6 Å². The number of hydrogen-bond donors (Lipinski definition) is 0. The second-order valence-corrected chi connectivity index (χ2v) is 7.56. The third kappa shape index (κ3) is 5.69. The highest BCUT2D eigenvalue weighted by molar-refractivity contribution is 6.27. The van der Waals surface area contributed by atoms with E-state index >= 15 is 0 Å². The summed E-state index contributed by atoms with van der Waals surface area (Å²) in [6.45, 7) is 7.29. The number of halogens is 3. The van der Waals surface area contributed by atoms with Crippen molar-refractivity contribution < 1.29 is 9.59 Å². The lowest BCUT2D eigenvalue weighted by Crippen LogP contribution is -2.48. The summed E-state index contributed by atoms with van der Waals surface area (Å²) in [6.07, 6.45) is 0.101. The Kier molecular flexibility index (Phi) is 8.30. The summed E-state index contributed by atoms with van der Waals surface area (Å²) in [5, 5.41) is 0. The highest BCUT2D eigenvalue weighted by Crippen LogP contribution is 2.28. The van der Waals surface area contributed by atoms with Gasteiger partial charge in [0, 0.05) is 41.1 Å². The van der Waals surface area contributed by atoms with Crippen LogP contribution < -0.4 is 0 Å². The smallest absolute Gasteiger partial charge is 0.284 e. The van der Waals surface area contributed by atoms with Crippen LogP contribution in [-0.2, 0) is 0 Å². The van der Waals surface area contributed by atoms with Crippen molar-refractivity contribution in [1.29, 1.82) is 0 Å². The predicted molar refractivity (Wildman–Crippen MR) is 112 cm³/mol. The van der Waals surface area contributed by atoms with Gasteiger partial charge in [-0.25, -0.2) is 0 Å². The van der Waals surface area contributed by atoms with Crippen LogP contribution in [0.5, 0.6) is 0 Å². The summed E-state index contributed by atoms with van der Waals surface area (Å²) in [5.41, 5.74) is 2.05. The van der Waals surface area contributed by atoms with Crippen molar-refractivity contribution in [1.82, 2.24) is 9.06 Å².